The standard InChI is InChI=1S/C9H16FNO/c1-6(2)9(12)11-8-5-3-4-7(8)10/h6-8H,3-5H2,1-2H3,(H,11,12)/t7-,8-/m1/s1. The van der Waals surface area contributed by atoms with E-state index in [9.17, 15) is 9.18 Å². The fourth-order valence-corrected chi connectivity index (χ4v) is 1.43. The highest BCUT2D eigenvalue weighted by molar-refractivity contribution is 5.78. The zero-order valence-electron chi connectivity index (χ0n) is 7.64. The van der Waals surface area contributed by atoms with E-state index in [0.29, 0.717) is 6.42 Å². The lowest BCUT2D eigenvalue weighted by Crippen LogP contribution is -2.40. The molecule has 1 saturated carbocycles. The Morgan fingerprint density at radius 3 is 2.58 bits per heavy atom. The number of halogens is 1. The molecule has 70 valence electrons. The first-order chi connectivity index (χ1) is 5.61. The molecule has 2 nitrogen and oxygen atoms in total. The molecule has 1 aliphatic carbocycles. The van der Waals surface area contributed by atoms with Crippen LogP contribution in [-0.2, 0) is 4.79 Å². The molecule has 2 atom stereocenters. The van der Waals surface area contributed by atoms with Crippen LogP contribution in [0.1, 0.15) is 33.1 Å². The van der Waals surface area contributed by atoms with E-state index in [4.69, 9.17) is 0 Å². The molecule has 0 saturated heterocycles. The Morgan fingerprint density at radius 1 is 1.50 bits per heavy atom. The maximum atomic E-state index is 13.0. The molecule has 0 spiro atoms. The topological polar surface area (TPSA) is 29.1 Å². The van der Waals surface area contributed by atoms with Crippen LogP contribution in [0.15, 0.2) is 0 Å². The van der Waals surface area contributed by atoms with Gasteiger partial charge in [-0.25, -0.2) is 4.39 Å². The Kier molecular flexibility index (Phi) is 3.06. The molecule has 3 heteroatoms. The van der Waals surface area contributed by atoms with Crippen LogP contribution in [0.5, 0.6) is 0 Å². The van der Waals surface area contributed by atoms with Crippen molar-refractivity contribution in [3.05, 3.63) is 0 Å². The molecule has 0 unspecified atom stereocenters. The fraction of sp³-hybridized carbons (Fsp3) is 0.889. The molecule has 1 amide bonds. The van der Waals surface area contributed by atoms with Gasteiger partial charge in [-0.15, -0.1) is 0 Å². The summed E-state index contributed by atoms with van der Waals surface area (Å²) in [6, 6.07) is -0.222. The van der Waals surface area contributed by atoms with E-state index in [0.717, 1.165) is 12.8 Å². The first-order valence-electron chi connectivity index (χ1n) is 4.55. The molecule has 1 rings (SSSR count). The van der Waals surface area contributed by atoms with Crippen LogP contribution < -0.4 is 5.32 Å². The van der Waals surface area contributed by atoms with Crippen molar-refractivity contribution in [3.63, 3.8) is 0 Å². The second kappa shape index (κ2) is 3.87. The summed E-state index contributed by atoms with van der Waals surface area (Å²) in [4.78, 5) is 11.2. The van der Waals surface area contributed by atoms with Gasteiger partial charge in [-0.3, -0.25) is 4.79 Å². The number of carbonyl (C=O) groups is 1. The predicted octanol–water partition coefficient (Wildman–Crippen LogP) is 1.65. The minimum Gasteiger partial charge on any atom is -0.350 e. The molecule has 0 bridgehead atoms. The lowest BCUT2D eigenvalue weighted by Gasteiger charge is -2.16. The number of carbonyl (C=O) groups excluding carboxylic acids is 1. The van der Waals surface area contributed by atoms with E-state index in [1.165, 1.54) is 0 Å². The second-order valence-electron chi connectivity index (χ2n) is 3.72. The summed E-state index contributed by atoms with van der Waals surface area (Å²) >= 11 is 0. The number of rotatable bonds is 2. The Hall–Kier alpha value is -0.600. The Labute approximate surface area is 72.5 Å². The lowest BCUT2D eigenvalue weighted by molar-refractivity contribution is -0.125. The van der Waals surface area contributed by atoms with Crippen LogP contribution in [0, 0.1) is 5.92 Å². The summed E-state index contributed by atoms with van der Waals surface area (Å²) < 4.78 is 13.0. The van der Waals surface area contributed by atoms with Crippen LogP contribution in [-0.4, -0.2) is 18.1 Å². The lowest BCUT2D eigenvalue weighted by atomic mass is 10.1. The number of nitrogens with one attached hydrogen (secondary N) is 1. The van der Waals surface area contributed by atoms with E-state index in [1.807, 2.05) is 13.8 Å². The van der Waals surface area contributed by atoms with Crippen molar-refractivity contribution in [1.82, 2.24) is 5.32 Å². The maximum absolute atomic E-state index is 13.0. The van der Waals surface area contributed by atoms with Gasteiger partial charge in [-0.2, -0.15) is 0 Å². The summed E-state index contributed by atoms with van der Waals surface area (Å²) in [7, 11) is 0. The molecule has 0 aromatic rings. The molecule has 0 radical (unpaired) electrons. The molecule has 1 N–H and O–H groups in total. The molecule has 1 aliphatic rings. The van der Waals surface area contributed by atoms with Gasteiger partial charge in [0.25, 0.3) is 0 Å². The second-order valence-corrected chi connectivity index (χ2v) is 3.72. The smallest absolute Gasteiger partial charge is 0.222 e. The summed E-state index contributed by atoms with van der Waals surface area (Å²) in [5.74, 6) is -0.0812. The molecule has 0 aliphatic heterocycles. The third-order valence-electron chi connectivity index (χ3n) is 2.28. The van der Waals surface area contributed by atoms with E-state index >= 15 is 0 Å². The number of hydrogen-bond acceptors (Lipinski definition) is 1. The average Bonchev–Trinajstić information content (AvgIpc) is 2.36. The fourth-order valence-electron chi connectivity index (χ4n) is 1.43. The van der Waals surface area contributed by atoms with Crippen molar-refractivity contribution >= 4 is 5.91 Å². The largest absolute Gasteiger partial charge is 0.350 e. The maximum Gasteiger partial charge on any atom is 0.222 e. The highest BCUT2D eigenvalue weighted by atomic mass is 19.1. The quantitative estimate of drug-likeness (QED) is 0.676. The van der Waals surface area contributed by atoms with Gasteiger partial charge in [0.05, 0.1) is 6.04 Å². The highest BCUT2D eigenvalue weighted by Gasteiger charge is 2.28. The molecular weight excluding hydrogens is 157 g/mol. The van der Waals surface area contributed by atoms with Crippen LogP contribution >= 0.6 is 0 Å². The molecular formula is C9H16FNO. The van der Waals surface area contributed by atoms with Crippen molar-refractivity contribution < 1.29 is 9.18 Å². The van der Waals surface area contributed by atoms with Crippen molar-refractivity contribution in [2.75, 3.05) is 0 Å². The van der Waals surface area contributed by atoms with E-state index in [1.54, 1.807) is 0 Å². The van der Waals surface area contributed by atoms with Crippen LogP contribution in [0.2, 0.25) is 0 Å². The number of alkyl halides is 1. The van der Waals surface area contributed by atoms with Crippen molar-refractivity contribution in [1.29, 1.82) is 0 Å². The normalized spacial score (nSPS) is 29.3. The van der Waals surface area contributed by atoms with Gasteiger partial charge < -0.3 is 5.32 Å². The summed E-state index contributed by atoms with van der Waals surface area (Å²) in [6.07, 6.45) is 1.46. The van der Waals surface area contributed by atoms with Gasteiger partial charge in [0.15, 0.2) is 0 Å². The Bertz CT molecular complexity index is 170. The van der Waals surface area contributed by atoms with E-state index in [2.05, 4.69) is 5.32 Å². The van der Waals surface area contributed by atoms with E-state index in [-0.39, 0.29) is 17.9 Å². The molecule has 0 aromatic heterocycles. The van der Waals surface area contributed by atoms with Crippen LogP contribution in [0.3, 0.4) is 0 Å². The van der Waals surface area contributed by atoms with Crippen molar-refractivity contribution in [2.45, 2.75) is 45.3 Å². The minimum absolute atomic E-state index is 0.0375. The van der Waals surface area contributed by atoms with Crippen LogP contribution in [0.25, 0.3) is 0 Å². The molecule has 0 aromatic carbocycles. The van der Waals surface area contributed by atoms with Gasteiger partial charge in [0.1, 0.15) is 6.17 Å². The Balaban J connectivity index is 2.35. The minimum atomic E-state index is -0.826. The zero-order chi connectivity index (χ0) is 9.14. The zero-order valence-corrected chi connectivity index (χ0v) is 7.64. The van der Waals surface area contributed by atoms with Crippen LogP contribution in [0.4, 0.5) is 4.39 Å². The first kappa shape index (κ1) is 9.49. The Morgan fingerprint density at radius 2 is 2.17 bits per heavy atom. The van der Waals surface area contributed by atoms with Crippen molar-refractivity contribution in [2.24, 2.45) is 5.92 Å². The SMILES string of the molecule is CC(C)C(=O)N[C@@H]1CCC[C@H]1F. The summed E-state index contributed by atoms with van der Waals surface area (Å²) in [5, 5.41) is 2.71. The molecule has 0 heterocycles. The van der Waals surface area contributed by atoms with E-state index < -0.39 is 6.17 Å². The van der Waals surface area contributed by atoms with Gasteiger partial charge in [-0.05, 0) is 19.3 Å². The third-order valence-corrected chi connectivity index (χ3v) is 2.28. The highest BCUT2D eigenvalue weighted by Crippen LogP contribution is 2.22. The summed E-state index contributed by atoms with van der Waals surface area (Å²) in [6.45, 7) is 3.63. The predicted molar refractivity (Wildman–Crippen MR) is 45.5 cm³/mol. The summed E-state index contributed by atoms with van der Waals surface area (Å²) in [5.41, 5.74) is 0. The van der Waals surface area contributed by atoms with Gasteiger partial charge in [0, 0.05) is 5.92 Å². The van der Waals surface area contributed by atoms with Gasteiger partial charge >= 0.3 is 0 Å². The van der Waals surface area contributed by atoms with Crippen molar-refractivity contribution in [3.8, 4) is 0 Å². The monoisotopic (exact) mass is 173 g/mol. The first-order valence-corrected chi connectivity index (χ1v) is 4.55. The number of amides is 1. The van der Waals surface area contributed by atoms with Gasteiger partial charge in [-0.1, -0.05) is 13.8 Å². The van der Waals surface area contributed by atoms with Gasteiger partial charge in [0.2, 0.25) is 5.91 Å². The average molecular weight is 173 g/mol. The molecule has 1 fully saturated rings. The molecule has 12 heavy (non-hydrogen) atoms. The number of hydrogen-bond donors (Lipinski definition) is 1. The third kappa shape index (κ3) is 2.19.